The number of amides is 1. The van der Waals surface area contributed by atoms with Gasteiger partial charge in [0.2, 0.25) is 5.91 Å². The van der Waals surface area contributed by atoms with Crippen molar-refractivity contribution in [3.63, 3.8) is 0 Å². The lowest BCUT2D eigenvalue weighted by Gasteiger charge is -2.20. The Labute approximate surface area is 137 Å². The van der Waals surface area contributed by atoms with Gasteiger partial charge in [0.1, 0.15) is 6.04 Å². The van der Waals surface area contributed by atoms with E-state index in [0.29, 0.717) is 5.02 Å². The smallest absolute Gasteiger partial charge is 0.244 e. The summed E-state index contributed by atoms with van der Waals surface area (Å²) < 4.78 is 0.762. The minimum absolute atomic E-state index is 0.422. The van der Waals surface area contributed by atoms with Gasteiger partial charge >= 0.3 is 0 Å². The number of primary amides is 1. The summed E-state index contributed by atoms with van der Waals surface area (Å²) in [6.45, 7) is 3.95. The lowest BCUT2D eigenvalue weighted by molar-refractivity contribution is -0.118. The third-order valence-corrected chi connectivity index (χ3v) is 4.47. The maximum atomic E-state index is 11.8. The highest BCUT2D eigenvalue weighted by Crippen LogP contribution is 2.29. The molecule has 0 heterocycles. The summed E-state index contributed by atoms with van der Waals surface area (Å²) in [5, 5.41) is 3.78. The van der Waals surface area contributed by atoms with E-state index >= 15 is 0 Å². The predicted octanol–water partition coefficient (Wildman–Crippen LogP) is 4.36. The first kappa shape index (κ1) is 15.9. The normalized spacial score (nSPS) is 12.0. The second-order valence-electron chi connectivity index (χ2n) is 4.97. The van der Waals surface area contributed by atoms with Crippen LogP contribution >= 0.6 is 27.5 Å². The second kappa shape index (κ2) is 6.50. The molecule has 1 unspecified atom stereocenters. The lowest BCUT2D eigenvalue weighted by Crippen LogP contribution is -2.28. The van der Waals surface area contributed by atoms with Crippen molar-refractivity contribution < 1.29 is 4.79 Å². The van der Waals surface area contributed by atoms with Crippen LogP contribution in [0.5, 0.6) is 0 Å². The second-order valence-corrected chi connectivity index (χ2v) is 6.23. The maximum absolute atomic E-state index is 11.8. The molecule has 0 saturated carbocycles. The van der Waals surface area contributed by atoms with E-state index < -0.39 is 11.9 Å². The van der Waals surface area contributed by atoms with Crippen molar-refractivity contribution in [1.82, 2.24) is 0 Å². The first-order valence-electron chi connectivity index (χ1n) is 6.46. The fraction of sp³-hybridized carbons (Fsp3) is 0.188. The zero-order chi connectivity index (χ0) is 15.6. The first-order chi connectivity index (χ1) is 9.88. The third-order valence-electron chi connectivity index (χ3n) is 3.26. The van der Waals surface area contributed by atoms with E-state index in [9.17, 15) is 4.79 Å². The molecule has 0 radical (unpaired) electrons. The Bertz CT molecular complexity index is 688. The molecule has 3 N–H and O–H groups in total. The van der Waals surface area contributed by atoms with Crippen LogP contribution in [0.15, 0.2) is 40.9 Å². The van der Waals surface area contributed by atoms with Gasteiger partial charge in [0.05, 0.1) is 5.02 Å². The van der Waals surface area contributed by atoms with Crippen LogP contribution < -0.4 is 11.1 Å². The number of halogens is 2. The number of nitrogens with one attached hydrogen (secondary N) is 1. The van der Waals surface area contributed by atoms with Crippen molar-refractivity contribution >= 4 is 39.1 Å². The van der Waals surface area contributed by atoms with Gasteiger partial charge in [0.15, 0.2) is 0 Å². The van der Waals surface area contributed by atoms with E-state index in [1.54, 1.807) is 6.07 Å². The molecular weight excluding hydrogens is 352 g/mol. The molecule has 110 valence electrons. The van der Waals surface area contributed by atoms with Crippen molar-refractivity contribution in [2.45, 2.75) is 19.9 Å². The molecule has 0 saturated heterocycles. The number of aryl methyl sites for hydroxylation is 2. The van der Waals surface area contributed by atoms with E-state index in [1.807, 2.05) is 44.2 Å². The van der Waals surface area contributed by atoms with E-state index in [0.717, 1.165) is 26.9 Å². The number of benzene rings is 2. The minimum Gasteiger partial charge on any atom is -0.370 e. The molecule has 0 aliphatic rings. The minimum atomic E-state index is -0.585. The number of nitrogens with two attached hydrogens (primary N) is 1. The zero-order valence-corrected chi connectivity index (χ0v) is 14.1. The van der Waals surface area contributed by atoms with Crippen LogP contribution in [0.3, 0.4) is 0 Å². The van der Waals surface area contributed by atoms with E-state index in [-0.39, 0.29) is 0 Å². The Kier molecular flexibility index (Phi) is 4.91. The fourth-order valence-corrected chi connectivity index (χ4v) is 2.62. The maximum Gasteiger partial charge on any atom is 0.244 e. The molecule has 2 aromatic carbocycles. The zero-order valence-electron chi connectivity index (χ0n) is 11.8. The number of hydrogen-bond donors (Lipinski definition) is 2. The molecule has 0 bridgehead atoms. The van der Waals surface area contributed by atoms with Crippen molar-refractivity contribution in [3.8, 4) is 0 Å². The van der Waals surface area contributed by atoms with Crippen LogP contribution in [-0.2, 0) is 4.79 Å². The average Bonchev–Trinajstić information content (AvgIpc) is 2.42. The predicted molar refractivity (Wildman–Crippen MR) is 90.6 cm³/mol. The molecule has 21 heavy (non-hydrogen) atoms. The van der Waals surface area contributed by atoms with Gasteiger partial charge in [0, 0.05) is 10.2 Å². The third kappa shape index (κ3) is 3.77. The highest BCUT2D eigenvalue weighted by atomic mass is 79.9. The largest absolute Gasteiger partial charge is 0.370 e. The number of anilines is 1. The van der Waals surface area contributed by atoms with Crippen molar-refractivity contribution in [1.29, 1.82) is 0 Å². The van der Waals surface area contributed by atoms with Gasteiger partial charge < -0.3 is 11.1 Å². The van der Waals surface area contributed by atoms with Crippen molar-refractivity contribution in [2.24, 2.45) is 5.73 Å². The Balaban J connectivity index is 2.37. The van der Waals surface area contributed by atoms with Crippen molar-refractivity contribution in [3.05, 3.63) is 62.6 Å². The van der Waals surface area contributed by atoms with E-state index in [1.165, 1.54) is 0 Å². The highest BCUT2D eigenvalue weighted by molar-refractivity contribution is 9.10. The van der Waals surface area contributed by atoms with E-state index in [4.69, 9.17) is 17.3 Å². The Morgan fingerprint density at radius 2 is 1.95 bits per heavy atom. The summed E-state index contributed by atoms with van der Waals surface area (Å²) in [7, 11) is 0. The van der Waals surface area contributed by atoms with Gasteiger partial charge in [-0.05, 0) is 59.1 Å². The molecule has 0 fully saturated rings. The number of rotatable bonds is 4. The van der Waals surface area contributed by atoms with Gasteiger partial charge in [-0.1, -0.05) is 35.4 Å². The molecule has 1 amide bonds. The molecule has 1 atom stereocenters. The van der Waals surface area contributed by atoms with Crippen LogP contribution in [0.2, 0.25) is 5.02 Å². The molecule has 0 spiro atoms. The SMILES string of the molecule is Cc1ccc(C)c(C(Nc2ccc(Cl)c(Br)c2)C(N)=O)c1. The van der Waals surface area contributed by atoms with Crippen LogP contribution in [0.25, 0.3) is 0 Å². The van der Waals surface area contributed by atoms with Gasteiger partial charge in [-0.3, -0.25) is 4.79 Å². The Morgan fingerprint density at radius 1 is 1.24 bits per heavy atom. The summed E-state index contributed by atoms with van der Waals surface area (Å²) in [6.07, 6.45) is 0. The van der Waals surface area contributed by atoms with Gasteiger partial charge in [-0.2, -0.15) is 0 Å². The lowest BCUT2D eigenvalue weighted by atomic mass is 9.98. The van der Waals surface area contributed by atoms with Gasteiger partial charge in [-0.15, -0.1) is 0 Å². The molecule has 0 aromatic heterocycles. The fourth-order valence-electron chi connectivity index (χ4n) is 2.13. The molecule has 0 aliphatic heterocycles. The van der Waals surface area contributed by atoms with E-state index in [2.05, 4.69) is 21.2 Å². The summed E-state index contributed by atoms with van der Waals surface area (Å²) >= 11 is 9.34. The van der Waals surface area contributed by atoms with Crippen LogP contribution in [0, 0.1) is 13.8 Å². The monoisotopic (exact) mass is 366 g/mol. The number of carbonyl (C=O) groups excluding carboxylic acids is 1. The molecule has 0 aliphatic carbocycles. The number of hydrogen-bond acceptors (Lipinski definition) is 2. The summed E-state index contributed by atoms with van der Waals surface area (Å²) in [5.74, 6) is -0.422. The van der Waals surface area contributed by atoms with Gasteiger partial charge in [0.25, 0.3) is 0 Å². The summed E-state index contributed by atoms with van der Waals surface area (Å²) in [5.41, 5.74) is 9.32. The van der Waals surface area contributed by atoms with Crippen molar-refractivity contribution in [2.75, 3.05) is 5.32 Å². The molecule has 5 heteroatoms. The van der Waals surface area contributed by atoms with Crippen LogP contribution in [0.1, 0.15) is 22.7 Å². The Morgan fingerprint density at radius 3 is 2.57 bits per heavy atom. The van der Waals surface area contributed by atoms with Gasteiger partial charge in [-0.25, -0.2) is 0 Å². The molecule has 3 nitrogen and oxygen atoms in total. The molecule has 2 aromatic rings. The topological polar surface area (TPSA) is 55.1 Å². The highest BCUT2D eigenvalue weighted by Gasteiger charge is 2.20. The summed E-state index contributed by atoms with van der Waals surface area (Å²) in [4.78, 5) is 11.8. The first-order valence-corrected chi connectivity index (χ1v) is 7.63. The van der Waals surface area contributed by atoms with Crippen LogP contribution in [0.4, 0.5) is 5.69 Å². The standard InChI is InChI=1S/C16H16BrClN2O/c1-9-3-4-10(2)12(7-9)15(16(19)21)20-11-5-6-14(18)13(17)8-11/h3-8,15,20H,1-2H3,(H2,19,21). The molecular formula is C16H16BrClN2O. The quantitative estimate of drug-likeness (QED) is 0.843. The summed E-state index contributed by atoms with van der Waals surface area (Å²) in [6, 6.07) is 10.8. The number of carbonyl (C=O) groups is 1. The van der Waals surface area contributed by atoms with Crippen LogP contribution in [-0.4, -0.2) is 5.91 Å². The average molecular weight is 368 g/mol. The molecule has 2 rings (SSSR count). The Hall–Kier alpha value is -1.52.